The second-order valence-electron chi connectivity index (χ2n) is 5.32. The fourth-order valence-corrected chi connectivity index (χ4v) is 2.44. The van der Waals surface area contributed by atoms with Crippen LogP contribution in [-0.4, -0.2) is 20.9 Å². The molecule has 0 bridgehead atoms. The largest absolute Gasteiger partial charge is 0.477 e. The molecule has 2 aromatic carbocycles. The Labute approximate surface area is 122 Å². The standard InChI is InChI=1S/C17H16N2O2/c1-11(2)19-16(17(20)21)10-15(18-19)14-8-7-12-5-3-4-6-13(12)9-14/h3-11H,1-2H3,(H,20,21). The van der Waals surface area contributed by atoms with Gasteiger partial charge >= 0.3 is 5.97 Å². The number of aromatic nitrogens is 2. The van der Waals surface area contributed by atoms with Gasteiger partial charge in [-0.3, -0.25) is 4.68 Å². The van der Waals surface area contributed by atoms with Crippen molar-refractivity contribution in [3.05, 3.63) is 54.2 Å². The lowest BCUT2D eigenvalue weighted by Gasteiger charge is -2.07. The zero-order valence-corrected chi connectivity index (χ0v) is 11.9. The van der Waals surface area contributed by atoms with Crippen LogP contribution in [0.5, 0.6) is 0 Å². The molecule has 4 heteroatoms. The highest BCUT2D eigenvalue weighted by Crippen LogP contribution is 2.25. The van der Waals surface area contributed by atoms with Gasteiger partial charge in [-0.1, -0.05) is 36.4 Å². The van der Waals surface area contributed by atoms with Crippen molar-refractivity contribution in [3.63, 3.8) is 0 Å². The lowest BCUT2D eigenvalue weighted by Crippen LogP contribution is -2.11. The van der Waals surface area contributed by atoms with Gasteiger partial charge in [-0.15, -0.1) is 0 Å². The normalized spacial score (nSPS) is 11.2. The van der Waals surface area contributed by atoms with E-state index in [1.54, 1.807) is 10.7 Å². The van der Waals surface area contributed by atoms with E-state index < -0.39 is 5.97 Å². The van der Waals surface area contributed by atoms with Crippen molar-refractivity contribution in [2.24, 2.45) is 0 Å². The Morgan fingerprint density at radius 2 is 1.81 bits per heavy atom. The van der Waals surface area contributed by atoms with Gasteiger partial charge in [0.05, 0.1) is 5.69 Å². The molecule has 1 aromatic heterocycles. The van der Waals surface area contributed by atoms with Crippen molar-refractivity contribution in [3.8, 4) is 11.3 Å². The third-order valence-electron chi connectivity index (χ3n) is 3.49. The molecule has 0 fully saturated rings. The third kappa shape index (κ3) is 2.40. The van der Waals surface area contributed by atoms with Crippen LogP contribution in [0.2, 0.25) is 0 Å². The van der Waals surface area contributed by atoms with Crippen LogP contribution in [-0.2, 0) is 0 Å². The summed E-state index contributed by atoms with van der Waals surface area (Å²) in [6.45, 7) is 3.84. The Bertz CT molecular complexity index is 819. The number of carbonyl (C=O) groups is 1. The van der Waals surface area contributed by atoms with E-state index in [9.17, 15) is 9.90 Å². The van der Waals surface area contributed by atoms with Gasteiger partial charge in [-0.05, 0) is 36.8 Å². The number of benzene rings is 2. The summed E-state index contributed by atoms with van der Waals surface area (Å²) >= 11 is 0. The van der Waals surface area contributed by atoms with Gasteiger partial charge < -0.3 is 5.11 Å². The summed E-state index contributed by atoms with van der Waals surface area (Å²) in [6.07, 6.45) is 0. The van der Waals surface area contributed by atoms with Crippen molar-refractivity contribution < 1.29 is 9.90 Å². The molecule has 0 aliphatic carbocycles. The number of fused-ring (bicyclic) bond motifs is 1. The molecule has 0 radical (unpaired) electrons. The Morgan fingerprint density at radius 3 is 2.43 bits per heavy atom. The molecule has 0 unspecified atom stereocenters. The quantitative estimate of drug-likeness (QED) is 0.789. The van der Waals surface area contributed by atoms with Gasteiger partial charge in [0.25, 0.3) is 0 Å². The van der Waals surface area contributed by atoms with Gasteiger partial charge in [0.15, 0.2) is 0 Å². The van der Waals surface area contributed by atoms with Gasteiger partial charge in [0, 0.05) is 11.6 Å². The molecule has 0 aliphatic rings. The first-order valence-corrected chi connectivity index (χ1v) is 6.88. The Morgan fingerprint density at radius 1 is 1.10 bits per heavy atom. The molecular formula is C17H16N2O2. The lowest BCUT2D eigenvalue weighted by molar-refractivity contribution is 0.0681. The highest BCUT2D eigenvalue weighted by atomic mass is 16.4. The molecule has 0 atom stereocenters. The summed E-state index contributed by atoms with van der Waals surface area (Å²) in [5, 5.41) is 16.0. The van der Waals surface area contributed by atoms with Crippen molar-refractivity contribution in [1.29, 1.82) is 0 Å². The van der Waals surface area contributed by atoms with Crippen LogP contribution in [0.15, 0.2) is 48.5 Å². The number of rotatable bonds is 3. The minimum atomic E-state index is -0.955. The summed E-state index contributed by atoms with van der Waals surface area (Å²) in [6, 6.07) is 15.7. The van der Waals surface area contributed by atoms with Gasteiger partial charge in [0.2, 0.25) is 0 Å². The van der Waals surface area contributed by atoms with Crippen molar-refractivity contribution >= 4 is 16.7 Å². The second kappa shape index (κ2) is 5.05. The van der Waals surface area contributed by atoms with Gasteiger partial charge in [0.1, 0.15) is 5.69 Å². The molecule has 4 nitrogen and oxygen atoms in total. The third-order valence-corrected chi connectivity index (χ3v) is 3.49. The predicted molar refractivity (Wildman–Crippen MR) is 82.5 cm³/mol. The maximum atomic E-state index is 11.3. The minimum absolute atomic E-state index is 0.00491. The summed E-state index contributed by atoms with van der Waals surface area (Å²) in [4.78, 5) is 11.3. The molecule has 21 heavy (non-hydrogen) atoms. The van der Waals surface area contributed by atoms with Crippen LogP contribution in [0.4, 0.5) is 0 Å². The Hall–Kier alpha value is -2.62. The summed E-state index contributed by atoms with van der Waals surface area (Å²) in [5.74, 6) is -0.955. The van der Waals surface area contributed by atoms with Crippen molar-refractivity contribution in [1.82, 2.24) is 9.78 Å². The molecule has 3 rings (SSSR count). The maximum Gasteiger partial charge on any atom is 0.354 e. The second-order valence-corrected chi connectivity index (χ2v) is 5.32. The van der Waals surface area contributed by atoms with Gasteiger partial charge in [-0.25, -0.2) is 4.79 Å². The van der Waals surface area contributed by atoms with E-state index in [1.807, 2.05) is 50.2 Å². The smallest absolute Gasteiger partial charge is 0.354 e. The fourth-order valence-electron chi connectivity index (χ4n) is 2.44. The van der Waals surface area contributed by atoms with E-state index in [0.29, 0.717) is 5.69 Å². The first-order valence-electron chi connectivity index (χ1n) is 6.88. The molecule has 1 N–H and O–H groups in total. The number of hydrogen-bond donors (Lipinski definition) is 1. The Kier molecular flexibility index (Phi) is 3.22. The first-order chi connectivity index (χ1) is 10.1. The topological polar surface area (TPSA) is 55.1 Å². The monoisotopic (exact) mass is 280 g/mol. The van der Waals surface area contributed by atoms with Crippen LogP contribution in [0, 0.1) is 0 Å². The van der Waals surface area contributed by atoms with Crippen LogP contribution in [0.1, 0.15) is 30.4 Å². The zero-order valence-electron chi connectivity index (χ0n) is 11.9. The molecule has 3 aromatic rings. The van der Waals surface area contributed by atoms with E-state index >= 15 is 0 Å². The summed E-state index contributed by atoms with van der Waals surface area (Å²) in [7, 11) is 0. The average Bonchev–Trinajstić information content (AvgIpc) is 2.92. The molecule has 0 saturated heterocycles. The SMILES string of the molecule is CC(C)n1nc(-c2ccc3ccccc3c2)cc1C(=O)O. The Balaban J connectivity index is 2.14. The molecule has 106 valence electrons. The number of hydrogen-bond acceptors (Lipinski definition) is 2. The zero-order chi connectivity index (χ0) is 15.0. The molecule has 0 amide bonds. The fraction of sp³-hybridized carbons (Fsp3) is 0.176. The van der Waals surface area contributed by atoms with E-state index in [-0.39, 0.29) is 11.7 Å². The van der Waals surface area contributed by atoms with Crippen LogP contribution < -0.4 is 0 Å². The average molecular weight is 280 g/mol. The summed E-state index contributed by atoms with van der Waals surface area (Å²) in [5.41, 5.74) is 1.83. The maximum absolute atomic E-state index is 11.3. The molecule has 0 saturated carbocycles. The predicted octanol–water partition coefficient (Wildman–Crippen LogP) is 3.98. The number of carboxylic acids is 1. The number of carboxylic acid groups (broad SMARTS) is 1. The van der Waals surface area contributed by atoms with Crippen molar-refractivity contribution in [2.75, 3.05) is 0 Å². The van der Waals surface area contributed by atoms with Gasteiger partial charge in [-0.2, -0.15) is 5.10 Å². The van der Waals surface area contributed by atoms with Crippen LogP contribution in [0.3, 0.4) is 0 Å². The number of nitrogens with zero attached hydrogens (tertiary/aromatic N) is 2. The molecule has 1 heterocycles. The number of aromatic carboxylic acids is 1. The lowest BCUT2D eigenvalue weighted by atomic mass is 10.1. The molecular weight excluding hydrogens is 264 g/mol. The van der Waals surface area contributed by atoms with E-state index in [4.69, 9.17) is 0 Å². The van der Waals surface area contributed by atoms with E-state index in [0.717, 1.165) is 16.3 Å². The van der Waals surface area contributed by atoms with E-state index in [2.05, 4.69) is 11.2 Å². The van der Waals surface area contributed by atoms with Crippen LogP contribution >= 0.6 is 0 Å². The molecule has 0 spiro atoms. The minimum Gasteiger partial charge on any atom is -0.477 e. The highest BCUT2D eigenvalue weighted by Gasteiger charge is 2.17. The van der Waals surface area contributed by atoms with Crippen LogP contribution in [0.25, 0.3) is 22.0 Å². The molecule has 0 aliphatic heterocycles. The highest BCUT2D eigenvalue weighted by molar-refractivity contribution is 5.89. The first kappa shape index (κ1) is 13.4. The van der Waals surface area contributed by atoms with Crippen molar-refractivity contribution in [2.45, 2.75) is 19.9 Å². The van der Waals surface area contributed by atoms with E-state index in [1.165, 1.54) is 0 Å². The summed E-state index contributed by atoms with van der Waals surface area (Å²) < 4.78 is 1.55.